The molecule has 72 heavy (non-hydrogen) atoms. The van der Waals surface area contributed by atoms with E-state index < -0.39 is 0 Å². The van der Waals surface area contributed by atoms with E-state index in [9.17, 15) is 0 Å². The predicted molar refractivity (Wildman–Crippen MR) is 296 cm³/mol. The average Bonchev–Trinajstić information content (AvgIpc) is 4.14. The minimum Gasteiger partial charge on any atom is -0.456 e. The van der Waals surface area contributed by atoms with E-state index in [1.54, 1.807) is 0 Å². The SMILES string of the molecule is CC1(C)C2=C(C=CCC2)c2cc3c4cc(-c5ccc6c7cc8c(cc7n(-c7ccccc7)c6c5)oc5ccccc58)ccc4n(-c4cccc(-c5nc(-c6ccccc6)nc(-c6ccccc6)n5)c4)c3cc21. The molecule has 0 saturated heterocycles. The first kappa shape index (κ1) is 40.7. The summed E-state index contributed by atoms with van der Waals surface area (Å²) in [5, 5.41) is 7.10. The largest absolute Gasteiger partial charge is 0.456 e. The van der Waals surface area contributed by atoms with Crippen molar-refractivity contribution in [3.8, 4) is 56.7 Å². The van der Waals surface area contributed by atoms with Crippen molar-refractivity contribution in [2.24, 2.45) is 0 Å². The average molecular weight is 924 g/mol. The monoisotopic (exact) mass is 923 g/mol. The molecule has 6 heteroatoms. The van der Waals surface area contributed by atoms with Crippen LogP contribution < -0.4 is 0 Å². The van der Waals surface area contributed by atoms with Crippen LogP contribution in [0.5, 0.6) is 0 Å². The highest BCUT2D eigenvalue weighted by Gasteiger charge is 2.38. The number of fused-ring (bicyclic) bond motifs is 11. The Hall–Kier alpha value is -9.13. The molecule has 9 aromatic carbocycles. The molecule has 0 N–H and O–H groups in total. The van der Waals surface area contributed by atoms with Crippen LogP contribution in [0.25, 0.3) is 128 Å². The molecule has 0 unspecified atom stereocenters. The van der Waals surface area contributed by atoms with Crippen molar-refractivity contribution < 1.29 is 4.42 Å². The summed E-state index contributed by atoms with van der Waals surface area (Å²) in [7, 11) is 0. The lowest BCUT2D eigenvalue weighted by molar-refractivity contribution is 0.608. The molecule has 0 radical (unpaired) electrons. The Bertz CT molecular complexity index is 4400. The second-order valence-corrected chi connectivity index (χ2v) is 19.9. The Balaban J connectivity index is 0.938. The van der Waals surface area contributed by atoms with Crippen molar-refractivity contribution in [2.45, 2.75) is 32.1 Å². The maximum atomic E-state index is 6.46. The molecule has 2 aliphatic rings. The maximum absolute atomic E-state index is 6.46. The molecule has 0 amide bonds. The number of furan rings is 1. The third kappa shape index (κ3) is 6.12. The Kier molecular flexibility index (Phi) is 8.73. The van der Waals surface area contributed by atoms with Gasteiger partial charge < -0.3 is 13.6 Å². The summed E-state index contributed by atoms with van der Waals surface area (Å²) in [6.45, 7) is 4.82. The maximum Gasteiger partial charge on any atom is 0.164 e. The Labute approximate surface area is 415 Å². The van der Waals surface area contributed by atoms with Crippen molar-refractivity contribution in [3.63, 3.8) is 0 Å². The van der Waals surface area contributed by atoms with E-state index in [-0.39, 0.29) is 5.41 Å². The van der Waals surface area contributed by atoms with Gasteiger partial charge in [-0.05, 0) is 107 Å². The molecule has 0 bridgehead atoms. The number of benzene rings is 9. The molecule has 0 fully saturated rings. The summed E-state index contributed by atoms with van der Waals surface area (Å²) >= 11 is 0. The number of hydrogen-bond donors (Lipinski definition) is 0. The first-order valence-corrected chi connectivity index (χ1v) is 24.9. The van der Waals surface area contributed by atoms with Crippen molar-refractivity contribution in [1.82, 2.24) is 24.1 Å². The molecule has 13 aromatic rings. The van der Waals surface area contributed by atoms with Gasteiger partial charge >= 0.3 is 0 Å². The van der Waals surface area contributed by atoms with Gasteiger partial charge in [0, 0.05) is 71.9 Å². The molecule has 0 aliphatic heterocycles. The molecule has 6 nitrogen and oxygen atoms in total. The number of hydrogen-bond acceptors (Lipinski definition) is 4. The lowest BCUT2D eigenvalue weighted by Crippen LogP contribution is -2.17. The summed E-state index contributed by atoms with van der Waals surface area (Å²) in [4.78, 5) is 15.3. The van der Waals surface area contributed by atoms with Gasteiger partial charge in [0.2, 0.25) is 0 Å². The number of nitrogens with zero attached hydrogens (tertiary/aromatic N) is 5. The van der Waals surface area contributed by atoms with Gasteiger partial charge in [-0.25, -0.2) is 15.0 Å². The molecule has 4 heterocycles. The molecule has 4 aromatic heterocycles. The van der Waals surface area contributed by atoms with E-state index in [0.29, 0.717) is 17.5 Å². The van der Waals surface area contributed by atoms with Crippen LogP contribution in [0.4, 0.5) is 0 Å². The normalized spacial score (nSPS) is 14.1. The molecule has 340 valence electrons. The first-order chi connectivity index (χ1) is 35.4. The minimum absolute atomic E-state index is 0.0905. The quantitative estimate of drug-likeness (QED) is 0.167. The first-order valence-electron chi connectivity index (χ1n) is 24.9. The van der Waals surface area contributed by atoms with E-state index >= 15 is 0 Å². The van der Waals surface area contributed by atoms with Crippen molar-refractivity contribution >= 4 is 71.1 Å². The van der Waals surface area contributed by atoms with Crippen LogP contribution in [0.2, 0.25) is 0 Å². The van der Waals surface area contributed by atoms with Gasteiger partial charge in [-0.3, -0.25) is 0 Å². The van der Waals surface area contributed by atoms with Crippen LogP contribution in [-0.4, -0.2) is 24.1 Å². The number of rotatable bonds is 6. The third-order valence-electron chi connectivity index (χ3n) is 15.5. The third-order valence-corrected chi connectivity index (χ3v) is 15.5. The summed E-state index contributed by atoms with van der Waals surface area (Å²) in [5.74, 6) is 1.91. The second-order valence-electron chi connectivity index (χ2n) is 19.9. The lowest BCUT2D eigenvalue weighted by atomic mass is 9.78. The van der Waals surface area contributed by atoms with E-state index in [0.717, 1.165) is 90.5 Å². The summed E-state index contributed by atoms with van der Waals surface area (Å²) in [5.41, 5.74) is 19.2. The molecule has 15 rings (SSSR count). The molecule has 0 saturated carbocycles. The van der Waals surface area contributed by atoms with Gasteiger partial charge in [-0.15, -0.1) is 0 Å². The van der Waals surface area contributed by atoms with Gasteiger partial charge in [0.1, 0.15) is 11.2 Å². The van der Waals surface area contributed by atoms with Gasteiger partial charge in [-0.1, -0.05) is 159 Å². The molecule has 0 atom stereocenters. The van der Waals surface area contributed by atoms with Crippen LogP contribution in [-0.2, 0) is 5.41 Å². The zero-order chi connectivity index (χ0) is 47.7. The highest BCUT2D eigenvalue weighted by Crippen LogP contribution is 2.52. The summed E-state index contributed by atoms with van der Waals surface area (Å²) in [6.07, 6.45) is 6.87. The topological polar surface area (TPSA) is 61.7 Å². The predicted octanol–water partition coefficient (Wildman–Crippen LogP) is 17.0. The van der Waals surface area contributed by atoms with Crippen LogP contribution in [0.1, 0.15) is 37.8 Å². The summed E-state index contributed by atoms with van der Waals surface area (Å²) in [6, 6.07) is 71.6. The zero-order valence-electron chi connectivity index (χ0n) is 39.8. The van der Waals surface area contributed by atoms with Crippen molar-refractivity contribution in [2.75, 3.05) is 0 Å². The minimum atomic E-state index is -0.0905. The van der Waals surface area contributed by atoms with Crippen molar-refractivity contribution in [1.29, 1.82) is 0 Å². The van der Waals surface area contributed by atoms with Crippen molar-refractivity contribution in [3.05, 3.63) is 229 Å². The molecule has 0 spiro atoms. The number of allylic oxidation sites excluding steroid dienone is 4. The van der Waals surface area contributed by atoms with Crippen LogP contribution >= 0.6 is 0 Å². The molecular formula is C66H45N5O. The number of para-hydroxylation sites is 2. The Morgan fingerprint density at radius 2 is 1.01 bits per heavy atom. The zero-order valence-corrected chi connectivity index (χ0v) is 39.8. The van der Waals surface area contributed by atoms with Crippen LogP contribution in [0.15, 0.2) is 222 Å². The standard InChI is InChI=1S/C66H45N5O/c1-66(2)55-27-14-12-25-47(55)50-36-53-51-34-42(43-29-31-48-52-37-54-49-26-13-15-28-61(49)72-62(54)39-60(52)70(58(48)35-43)45-22-10-5-11-23-45)30-32-57(51)71(59(53)38-56(50)66)46-24-16-21-44(33-46)65-68-63(40-17-6-3-7-18-40)67-64(69-65)41-19-8-4-9-20-41/h3-13,15-26,28-39H,14,27H2,1-2H3. The van der Waals surface area contributed by atoms with Gasteiger partial charge in [-0.2, -0.15) is 0 Å². The lowest BCUT2D eigenvalue weighted by Gasteiger charge is -2.25. The van der Waals surface area contributed by atoms with E-state index in [1.165, 1.54) is 49.3 Å². The Morgan fingerprint density at radius 3 is 1.79 bits per heavy atom. The smallest absolute Gasteiger partial charge is 0.164 e. The van der Waals surface area contributed by atoms with E-state index in [2.05, 4.69) is 193 Å². The summed E-state index contributed by atoms with van der Waals surface area (Å²) < 4.78 is 11.3. The fourth-order valence-corrected chi connectivity index (χ4v) is 12.0. The fraction of sp³-hybridized carbons (Fsp3) is 0.0758. The number of aromatic nitrogens is 5. The van der Waals surface area contributed by atoms with E-state index in [1.807, 2.05) is 42.5 Å². The molecular weight excluding hydrogens is 879 g/mol. The second kappa shape index (κ2) is 15.4. The van der Waals surface area contributed by atoms with Crippen LogP contribution in [0, 0.1) is 0 Å². The fourth-order valence-electron chi connectivity index (χ4n) is 12.0. The van der Waals surface area contributed by atoms with Gasteiger partial charge in [0.25, 0.3) is 0 Å². The van der Waals surface area contributed by atoms with Gasteiger partial charge in [0.15, 0.2) is 17.5 Å². The van der Waals surface area contributed by atoms with E-state index in [4.69, 9.17) is 19.4 Å². The molecule has 2 aliphatic carbocycles. The van der Waals surface area contributed by atoms with Gasteiger partial charge in [0.05, 0.1) is 22.1 Å². The Morgan fingerprint density at radius 1 is 0.417 bits per heavy atom. The highest BCUT2D eigenvalue weighted by molar-refractivity contribution is 6.18. The van der Waals surface area contributed by atoms with Crippen LogP contribution in [0.3, 0.4) is 0 Å². The highest BCUT2D eigenvalue weighted by atomic mass is 16.3.